The zero-order valence-electron chi connectivity index (χ0n) is 14.1. The molecule has 1 saturated heterocycles. The Labute approximate surface area is 146 Å². The largest absolute Gasteiger partial charge is 0.478 e. The third kappa shape index (κ3) is 5.61. The number of carboxylic acid groups (broad SMARTS) is 2. The van der Waals surface area contributed by atoms with Crippen LogP contribution in [0.3, 0.4) is 0 Å². The van der Waals surface area contributed by atoms with E-state index in [0.29, 0.717) is 12.2 Å². The zero-order valence-corrected chi connectivity index (χ0v) is 14.1. The highest BCUT2D eigenvalue weighted by molar-refractivity contribution is 5.94. The van der Waals surface area contributed by atoms with Crippen LogP contribution < -0.4 is 4.90 Å². The summed E-state index contributed by atoms with van der Waals surface area (Å²) in [6, 6.07) is 15.2. The number of anilines is 1. The Bertz CT molecular complexity index is 744. The van der Waals surface area contributed by atoms with E-state index in [1.54, 1.807) is 0 Å². The van der Waals surface area contributed by atoms with E-state index in [1.165, 1.54) is 16.5 Å². The lowest BCUT2D eigenvalue weighted by molar-refractivity contribution is -0.134. The van der Waals surface area contributed by atoms with E-state index in [2.05, 4.69) is 59.3 Å². The summed E-state index contributed by atoms with van der Waals surface area (Å²) in [6.45, 7) is 4.57. The van der Waals surface area contributed by atoms with E-state index >= 15 is 0 Å². The van der Waals surface area contributed by atoms with Crippen molar-refractivity contribution in [1.29, 1.82) is 0 Å². The van der Waals surface area contributed by atoms with Gasteiger partial charge in [0.1, 0.15) is 0 Å². The maximum Gasteiger partial charge on any atom is 0.328 e. The van der Waals surface area contributed by atoms with Crippen molar-refractivity contribution in [3.8, 4) is 0 Å². The van der Waals surface area contributed by atoms with Gasteiger partial charge in [-0.25, -0.2) is 9.59 Å². The molecule has 2 aromatic carbocycles. The lowest BCUT2D eigenvalue weighted by Gasteiger charge is -2.34. The van der Waals surface area contributed by atoms with E-state index in [-0.39, 0.29) is 0 Å². The van der Waals surface area contributed by atoms with Gasteiger partial charge in [0, 0.05) is 49.4 Å². The van der Waals surface area contributed by atoms with E-state index in [0.717, 1.165) is 26.2 Å². The fraction of sp³-hybridized carbons (Fsp3) is 0.263. The van der Waals surface area contributed by atoms with Crippen LogP contribution in [0.4, 0.5) is 5.69 Å². The fourth-order valence-corrected chi connectivity index (χ4v) is 2.67. The molecule has 0 saturated carbocycles. The summed E-state index contributed by atoms with van der Waals surface area (Å²) in [7, 11) is 2.19. The van der Waals surface area contributed by atoms with Gasteiger partial charge in [0.05, 0.1) is 0 Å². The van der Waals surface area contributed by atoms with Crippen molar-refractivity contribution in [3.05, 3.63) is 54.6 Å². The number of hydrogen-bond acceptors (Lipinski definition) is 4. The summed E-state index contributed by atoms with van der Waals surface area (Å²) >= 11 is 0. The average Bonchev–Trinajstić information content (AvgIpc) is 2.61. The number of fused-ring (bicyclic) bond motifs is 1. The lowest BCUT2D eigenvalue weighted by Crippen LogP contribution is -2.44. The summed E-state index contributed by atoms with van der Waals surface area (Å²) in [5.74, 6) is -2.51. The predicted octanol–water partition coefficient (Wildman–Crippen LogP) is 2.30. The highest BCUT2D eigenvalue weighted by Crippen LogP contribution is 2.27. The standard InChI is InChI=1S/C15H18N2.C4H4O4/c1-16-9-11-17(12-10-16)15-8-4-6-13-5-2-3-7-14(13)15;5-3(6)1-2-4(7)8/h2-8H,9-12H2,1H3;1-2H,(H,5,6)(H,7,8)/b;2-1+. The van der Waals surface area contributed by atoms with Crippen molar-refractivity contribution in [1.82, 2.24) is 4.90 Å². The van der Waals surface area contributed by atoms with Crippen molar-refractivity contribution in [2.45, 2.75) is 0 Å². The molecule has 0 aliphatic carbocycles. The highest BCUT2D eigenvalue weighted by atomic mass is 16.4. The normalized spacial score (nSPS) is 15.0. The second-order valence-corrected chi connectivity index (χ2v) is 5.80. The molecule has 0 aromatic heterocycles. The lowest BCUT2D eigenvalue weighted by atomic mass is 10.1. The van der Waals surface area contributed by atoms with Crippen LogP contribution in [0.5, 0.6) is 0 Å². The van der Waals surface area contributed by atoms with E-state index in [9.17, 15) is 9.59 Å². The topological polar surface area (TPSA) is 81.1 Å². The van der Waals surface area contributed by atoms with Gasteiger partial charge in [-0.1, -0.05) is 36.4 Å². The molecule has 25 heavy (non-hydrogen) atoms. The molecule has 1 fully saturated rings. The third-order valence-corrected chi connectivity index (χ3v) is 3.98. The predicted molar refractivity (Wildman–Crippen MR) is 98.1 cm³/mol. The monoisotopic (exact) mass is 342 g/mol. The number of nitrogens with zero attached hydrogens (tertiary/aromatic N) is 2. The van der Waals surface area contributed by atoms with E-state index in [1.807, 2.05) is 0 Å². The Morgan fingerprint density at radius 3 is 2.04 bits per heavy atom. The maximum absolute atomic E-state index is 9.55. The van der Waals surface area contributed by atoms with Gasteiger partial charge in [-0.15, -0.1) is 0 Å². The van der Waals surface area contributed by atoms with Crippen molar-refractivity contribution < 1.29 is 19.8 Å². The molecule has 0 amide bonds. The molecule has 0 spiro atoms. The van der Waals surface area contributed by atoms with Gasteiger partial charge in [-0.3, -0.25) is 0 Å². The minimum Gasteiger partial charge on any atom is -0.478 e. The Hall–Kier alpha value is -2.86. The molecule has 3 rings (SSSR count). The van der Waals surface area contributed by atoms with Crippen LogP contribution in [0.15, 0.2) is 54.6 Å². The van der Waals surface area contributed by atoms with Gasteiger partial charge >= 0.3 is 11.9 Å². The molecule has 6 heteroatoms. The highest BCUT2D eigenvalue weighted by Gasteiger charge is 2.15. The first-order valence-electron chi connectivity index (χ1n) is 8.02. The number of likely N-dealkylation sites (N-methyl/N-ethyl adjacent to an activating group) is 1. The first-order chi connectivity index (χ1) is 12.0. The number of piperazine rings is 1. The molecule has 0 atom stereocenters. The summed E-state index contributed by atoms with van der Waals surface area (Å²) in [6.07, 6.45) is 1.12. The number of carboxylic acids is 2. The van der Waals surface area contributed by atoms with Crippen LogP contribution >= 0.6 is 0 Å². The molecule has 0 unspecified atom stereocenters. The fourth-order valence-electron chi connectivity index (χ4n) is 2.67. The first-order valence-corrected chi connectivity index (χ1v) is 8.02. The number of benzene rings is 2. The second kappa shape index (κ2) is 8.84. The van der Waals surface area contributed by atoms with Crippen LogP contribution in [0.1, 0.15) is 0 Å². The van der Waals surface area contributed by atoms with Gasteiger partial charge in [-0.2, -0.15) is 0 Å². The molecule has 1 aliphatic heterocycles. The SMILES string of the molecule is CN1CCN(c2cccc3ccccc23)CC1.O=C(O)/C=C/C(=O)O. The van der Waals surface area contributed by atoms with Gasteiger partial charge in [0.25, 0.3) is 0 Å². The quantitative estimate of drug-likeness (QED) is 0.833. The van der Waals surface area contributed by atoms with Crippen molar-refractivity contribution in [3.63, 3.8) is 0 Å². The van der Waals surface area contributed by atoms with E-state index < -0.39 is 11.9 Å². The van der Waals surface area contributed by atoms with Gasteiger partial charge in [-0.05, 0) is 18.5 Å². The Kier molecular flexibility index (Phi) is 6.54. The Morgan fingerprint density at radius 2 is 1.44 bits per heavy atom. The molecular weight excluding hydrogens is 320 g/mol. The summed E-state index contributed by atoms with van der Waals surface area (Å²) in [5, 5.41) is 18.3. The summed E-state index contributed by atoms with van der Waals surface area (Å²) in [5.41, 5.74) is 1.39. The number of aliphatic carboxylic acids is 2. The third-order valence-electron chi connectivity index (χ3n) is 3.98. The smallest absolute Gasteiger partial charge is 0.328 e. The minimum absolute atomic E-state index is 0.558. The summed E-state index contributed by atoms with van der Waals surface area (Å²) in [4.78, 5) is 24.0. The first kappa shape index (κ1) is 18.5. The molecular formula is C19H22N2O4. The van der Waals surface area contributed by atoms with Crippen LogP contribution in [-0.4, -0.2) is 60.3 Å². The number of rotatable bonds is 3. The molecule has 0 radical (unpaired) electrons. The number of hydrogen-bond donors (Lipinski definition) is 2. The van der Waals surface area contributed by atoms with Gasteiger partial charge in [0.15, 0.2) is 0 Å². The summed E-state index contributed by atoms with van der Waals surface area (Å²) < 4.78 is 0. The molecule has 132 valence electrons. The molecule has 2 aromatic rings. The van der Waals surface area contributed by atoms with Gasteiger partial charge < -0.3 is 20.0 Å². The molecule has 1 heterocycles. The zero-order chi connectivity index (χ0) is 18.2. The molecule has 6 nitrogen and oxygen atoms in total. The second-order valence-electron chi connectivity index (χ2n) is 5.80. The molecule has 2 N–H and O–H groups in total. The van der Waals surface area contributed by atoms with Crippen molar-refractivity contribution in [2.24, 2.45) is 0 Å². The van der Waals surface area contributed by atoms with Crippen molar-refractivity contribution in [2.75, 3.05) is 38.1 Å². The van der Waals surface area contributed by atoms with Crippen molar-refractivity contribution >= 4 is 28.4 Å². The number of carbonyl (C=O) groups is 2. The Balaban J connectivity index is 0.000000242. The average molecular weight is 342 g/mol. The van der Waals surface area contributed by atoms with Crippen LogP contribution in [0.25, 0.3) is 10.8 Å². The van der Waals surface area contributed by atoms with E-state index in [4.69, 9.17) is 10.2 Å². The van der Waals surface area contributed by atoms with Gasteiger partial charge in [0.2, 0.25) is 0 Å². The van der Waals surface area contributed by atoms with Crippen LogP contribution in [0, 0.1) is 0 Å². The van der Waals surface area contributed by atoms with Crippen LogP contribution in [0.2, 0.25) is 0 Å². The molecule has 0 bridgehead atoms. The van der Waals surface area contributed by atoms with Crippen LogP contribution in [-0.2, 0) is 9.59 Å². The maximum atomic E-state index is 9.55. The Morgan fingerprint density at radius 1 is 0.880 bits per heavy atom. The minimum atomic E-state index is -1.26. The molecule has 1 aliphatic rings.